The molecule has 2 unspecified atom stereocenters. The average molecular weight is 781 g/mol. The van der Waals surface area contributed by atoms with E-state index in [-0.39, 0.29) is 17.1 Å². The van der Waals surface area contributed by atoms with Crippen molar-refractivity contribution in [2.45, 2.75) is 125 Å². The smallest absolute Gasteiger partial charge is 0 e. The molecule has 0 aliphatic heterocycles. The molecule has 3 atom stereocenters. The Hall–Kier alpha value is -2.52. The van der Waals surface area contributed by atoms with E-state index < -0.39 is 15.8 Å². The summed E-state index contributed by atoms with van der Waals surface area (Å²) < 4.78 is 0. The Morgan fingerprint density at radius 2 is 0.811 bits per heavy atom. The van der Waals surface area contributed by atoms with Crippen LogP contribution in [0.2, 0.25) is 0 Å². The van der Waals surface area contributed by atoms with Crippen LogP contribution in [0.5, 0.6) is 0 Å². The van der Waals surface area contributed by atoms with Gasteiger partial charge in [-0.15, -0.1) is 0 Å². The predicted octanol–water partition coefficient (Wildman–Crippen LogP) is 12.3. The van der Waals surface area contributed by atoms with Crippen molar-refractivity contribution < 1.29 is 17.1 Å². The fourth-order valence-corrected chi connectivity index (χ4v) is 15.7. The normalized spacial score (nSPS) is 17.4. The summed E-state index contributed by atoms with van der Waals surface area (Å²) in [5.74, 6) is 1.20. The molecule has 280 valence electrons. The molecule has 0 radical (unpaired) electrons. The Bertz CT molecular complexity index is 1800. The van der Waals surface area contributed by atoms with Crippen molar-refractivity contribution in [2.75, 3.05) is 0 Å². The van der Waals surface area contributed by atoms with E-state index in [1.54, 1.807) is 21.5 Å². The van der Waals surface area contributed by atoms with E-state index in [4.69, 9.17) is 0 Å². The SMILES string of the molecule is C1CCCC1.Cc1cc(C)cc(P(c2cc(C)cc(C)c2)c2ccccc2C2CCCC2[C@@H](C)P(c2cc(C)cc(C)c2)c2cc(C)cc(C)c2)c1.[Fe]. The van der Waals surface area contributed by atoms with Gasteiger partial charge in [0.2, 0.25) is 0 Å². The van der Waals surface area contributed by atoms with E-state index in [1.807, 2.05) is 0 Å². The molecule has 0 nitrogen and oxygen atoms in total. The van der Waals surface area contributed by atoms with Gasteiger partial charge in [-0.25, -0.2) is 0 Å². The number of benzene rings is 5. The van der Waals surface area contributed by atoms with Gasteiger partial charge in [0.1, 0.15) is 0 Å². The maximum atomic E-state index is 2.60. The standard InChI is InChI=1S/C45H52P2.C5H10.Fe/c1-29-17-30(2)22-38(21-29)46(39-23-31(3)18-32(4)24-39)37(9)42-14-12-15-43(42)44-13-10-11-16-45(44)47(40-25-33(5)19-34(6)26-40)41-27-35(7)20-36(8)28-41;1-2-4-5-3-1;/h10-11,13,16-28,37,42-43H,12,14-15H2,1-9H3;1-5H2;/t37-,42?,43?;;/m1../s1. The van der Waals surface area contributed by atoms with E-state index >= 15 is 0 Å². The zero-order chi connectivity index (χ0) is 36.9. The summed E-state index contributed by atoms with van der Waals surface area (Å²) in [6, 6.07) is 38.7. The average Bonchev–Trinajstić information content (AvgIpc) is 3.80. The molecule has 5 aromatic carbocycles. The van der Waals surface area contributed by atoms with Crippen molar-refractivity contribution in [1.82, 2.24) is 0 Å². The van der Waals surface area contributed by atoms with Crippen molar-refractivity contribution in [2.24, 2.45) is 5.92 Å². The molecule has 2 saturated carbocycles. The quantitative estimate of drug-likeness (QED) is 0.109. The molecule has 0 spiro atoms. The molecule has 53 heavy (non-hydrogen) atoms. The van der Waals surface area contributed by atoms with Gasteiger partial charge in [0.05, 0.1) is 0 Å². The molecule has 0 heterocycles. The number of hydrogen-bond acceptors (Lipinski definition) is 0. The van der Waals surface area contributed by atoms with Crippen LogP contribution < -0.4 is 26.5 Å². The third kappa shape index (κ3) is 10.4. The molecule has 0 bridgehead atoms. The van der Waals surface area contributed by atoms with E-state index in [2.05, 4.69) is 159 Å². The van der Waals surface area contributed by atoms with Crippen LogP contribution in [0.25, 0.3) is 0 Å². The largest absolute Gasteiger partial charge is 0.0619 e. The topological polar surface area (TPSA) is 0 Å². The van der Waals surface area contributed by atoms with Gasteiger partial charge in [0.15, 0.2) is 0 Å². The molecule has 0 saturated heterocycles. The summed E-state index contributed by atoms with van der Waals surface area (Å²) >= 11 is 0. The van der Waals surface area contributed by atoms with Crippen LogP contribution in [-0.4, -0.2) is 5.66 Å². The minimum Gasteiger partial charge on any atom is -0.0619 e. The van der Waals surface area contributed by atoms with Gasteiger partial charge in [0, 0.05) is 17.1 Å². The number of rotatable bonds is 8. The molecular weight excluding hydrogens is 718 g/mol. The zero-order valence-electron chi connectivity index (χ0n) is 33.9. The summed E-state index contributed by atoms with van der Waals surface area (Å²) in [7, 11) is -1.23. The van der Waals surface area contributed by atoms with E-state index in [0.29, 0.717) is 17.5 Å². The van der Waals surface area contributed by atoms with Crippen LogP contribution in [0.3, 0.4) is 0 Å². The van der Waals surface area contributed by atoms with E-state index in [0.717, 1.165) is 0 Å². The second-order valence-corrected chi connectivity index (χ2v) is 21.1. The molecule has 2 fully saturated rings. The molecule has 0 amide bonds. The Kier molecular flexibility index (Phi) is 14.8. The fourth-order valence-electron chi connectivity index (χ4n) is 9.42. The molecular formula is C50H62FeP2. The van der Waals surface area contributed by atoms with Crippen LogP contribution in [-0.2, 0) is 17.1 Å². The number of aryl methyl sites for hydroxylation is 8. The first-order valence-corrected chi connectivity index (χ1v) is 22.7. The maximum absolute atomic E-state index is 2.60. The third-order valence-electron chi connectivity index (χ3n) is 11.3. The Morgan fingerprint density at radius 3 is 1.21 bits per heavy atom. The van der Waals surface area contributed by atoms with Gasteiger partial charge in [-0.1, -0.05) is 187 Å². The first-order valence-electron chi connectivity index (χ1n) is 20.0. The van der Waals surface area contributed by atoms with Gasteiger partial charge in [-0.2, -0.15) is 0 Å². The Balaban J connectivity index is 0.000000833. The van der Waals surface area contributed by atoms with Gasteiger partial charge in [0.25, 0.3) is 0 Å². The Labute approximate surface area is 336 Å². The molecule has 0 N–H and O–H groups in total. The van der Waals surface area contributed by atoms with Crippen molar-refractivity contribution in [3.63, 3.8) is 0 Å². The fraction of sp³-hybridized carbons (Fsp3) is 0.400. The van der Waals surface area contributed by atoms with Gasteiger partial charge >= 0.3 is 0 Å². The van der Waals surface area contributed by atoms with Crippen LogP contribution in [0.4, 0.5) is 0 Å². The first kappa shape index (κ1) is 41.6. The van der Waals surface area contributed by atoms with Crippen molar-refractivity contribution >= 4 is 42.4 Å². The van der Waals surface area contributed by atoms with Gasteiger partial charge < -0.3 is 0 Å². The van der Waals surface area contributed by atoms with Crippen LogP contribution in [0.15, 0.2) is 97.1 Å². The van der Waals surface area contributed by atoms with Crippen LogP contribution in [0, 0.1) is 61.3 Å². The van der Waals surface area contributed by atoms with Crippen LogP contribution in [0.1, 0.15) is 114 Å². The Morgan fingerprint density at radius 1 is 0.453 bits per heavy atom. The third-order valence-corrected chi connectivity index (χ3v) is 16.6. The molecule has 5 aromatic rings. The number of hydrogen-bond donors (Lipinski definition) is 0. The van der Waals surface area contributed by atoms with Crippen LogP contribution >= 0.6 is 15.8 Å². The van der Waals surface area contributed by atoms with E-state index in [1.165, 1.54) is 106 Å². The maximum Gasteiger partial charge on any atom is 0 e. The predicted molar refractivity (Wildman–Crippen MR) is 235 cm³/mol. The summed E-state index contributed by atoms with van der Waals surface area (Å²) in [6.45, 7) is 20.7. The second-order valence-electron chi connectivity index (χ2n) is 16.4. The molecule has 2 aliphatic rings. The van der Waals surface area contributed by atoms with Crippen molar-refractivity contribution in [3.05, 3.63) is 147 Å². The minimum atomic E-state index is -0.701. The monoisotopic (exact) mass is 780 g/mol. The first-order chi connectivity index (χ1) is 25.0. The summed E-state index contributed by atoms with van der Waals surface area (Å²) in [4.78, 5) is 0. The second kappa shape index (κ2) is 18.9. The zero-order valence-corrected chi connectivity index (χ0v) is 36.8. The minimum absolute atomic E-state index is 0. The summed E-state index contributed by atoms with van der Waals surface area (Å²) in [5, 5.41) is 7.60. The summed E-state index contributed by atoms with van der Waals surface area (Å²) in [5.41, 5.74) is 13.1. The van der Waals surface area contributed by atoms with Gasteiger partial charge in [-0.05, 0) is 134 Å². The van der Waals surface area contributed by atoms with Crippen molar-refractivity contribution in [1.29, 1.82) is 0 Å². The summed E-state index contributed by atoms with van der Waals surface area (Å²) in [6.07, 6.45) is 11.4. The van der Waals surface area contributed by atoms with Crippen molar-refractivity contribution in [3.8, 4) is 0 Å². The molecule has 0 aromatic heterocycles. The van der Waals surface area contributed by atoms with E-state index in [9.17, 15) is 0 Å². The van der Waals surface area contributed by atoms with Gasteiger partial charge in [-0.3, -0.25) is 0 Å². The molecule has 2 aliphatic carbocycles. The molecule has 7 rings (SSSR count). The molecule has 3 heteroatoms.